The summed E-state index contributed by atoms with van der Waals surface area (Å²) in [6.45, 7) is 0.706. The number of halogens is 3. The number of ether oxygens (including phenoxy) is 1. The van der Waals surface area contributed by atoms with Gasteiger partial charge in [-0.25, -0.2) is 15.1 Å². The Bertz CT molecular complexity index is 1550. The van der Waals surface area contributed by atoms with Crippen molar-refractivity contribution in [3.8, 4) is 0 Å². The number of hydrogen-bond acceptors (Lipinski definition) is 10. The molecule has 2 aromatic heterocycles. The van der Waals surface area contributed by atoms with Crippen molar-refractivity contribution in [1.29, 1.82) is 0 Å². The summed E-state index contributed by atoms with van der Waals surface area (Å²) in [5, 5.41) is 18.7. The second kappa shape index (κ2) is 11.0. The Hall–Kier alpha value is -2.59. The molecule has 0 spiro atoms. The highest BCUT2D eigenvalue weighted by Gasteiger charge is 2.43. The third kappa shape index (κ3) is 6.03. The van der Waals surface area contributed by atoms with Gasteiger partial charge in [0.05, 0.1) is 23.2 Å². The van der Waals surface area contributed by atoms with Crippen LogP contribution in [0.4, 0.5) is 14.6 Å². The normalized spacial score (nSPS) is 24.1. The number of thiophene rings is 1. The van der Waals surface area contributed by atoms with E-state index in [1.165, 1.54) is 42.1 Å². The molecule has 1 saturated carbocycles. The minimum atomic E-state index is -4.14. The summed E-state index contributed by atoms with van der Waals surface area (Å²) in [5.41, 5.74) is 0.833. The molecule has 214 valence electrons. The molecule has 0 saturated heterocycles. The van der Waals surface area contributed by atoms with Crippen LogP contribution in [0, 0.1) is 12.8 Å². The number of alkyl halides is 2. The fourth-order valence-corrected chi connectivity index (χ4v) is 6.63. The van der Waals surface area contributed by atoms with E-state index in [9.17, 15) is 27.1 Å². The fourth-order valence-electron chi connectivity index (χ4n) is 5.08. The van der Waals surface area contributed by atoms with Gasteiger partial charge < -0.3 is 15.2 Å². The molecule has 1 aliphatic carbocycles. The number of aliphatic hydroxyl groups is 1. The number of anilines is 1. The van der Waals surface area contributed by atoms with Gasteiger partial charge in [-0.1, -0.05) is 17.7 Å². The molecule has 1 aliphatic heterocycles. The average Bonchev–Trinajstić information content (AvgIpc) is 3.43. The Kier molecular flexibility index (Phi) is 7.96. The minimum absolute atomic E-state index is 0.166. The van der Waals surface area contributed by atoms with Crippen molar-refractivity contribution >= 4 is 44.8 Å². The van der Waals surface area contributed by atoms with E-state index in [1.807, 2.05) is 0 Å². The number of benzene rings is 1. The van der Waals surface area contributed by atoms with Crippen LogP contribution >= 0.6 is 22.9 Å². The van der Waals surface area contributed by atoms with Crippen LogP contribution in [0.3, 0.4) is 0 Å². The summed E-state index contributed by atoms with van der Waals surface area (Å²) < 4.78 is 61.5. The van der Waals surface area contributed by atoms with E-state index in [1.54, 1.807) is 13.0 Å². The molecule has 3 aromatic rings. The first-order chi connectivity index (χ1) is 18.8. The van der Waals surface area contributed by atoms with Crippen molar-refractivity contribution in [3.63, 3.8) is 0 Å². The maximum atomic E-state index is 14.5. The minimum Gasteiger partial charge on any atom is -0.393 e. The highest BCUT2D eigenvalue weighted by Crippen LogP contribution is 2.46. The van der Waals surface area contributed by atoms with Crippen molar-refractivity contribution in [2.45, 2.75) is 43.9 Å². The summed E-state index contributed by atoms with van der Waals surface area (Å²) in [5.74, 6) is -3.80. The maximum absolute atomic E-state index is 14.5. The van der Waals surface area contributed by atoms with E-state index in [2.05, 4.69) is 19.5 Å². The lowest BCUT2D eigenvalue weighted by molar-refractivity contribution is -0.115. The summed E-state index contributed by atoms with van der Waals surface area (Å²) in [7, 11) is -4.14. The molecule has 5 rings (SSSR count). The number of ketones is 1. The van der Waals surface area contributed by atoms with Crippen LogP contribution in [0.5, 0.6) is 0 Å². The van der Waals surface area contributed by atoms with E-state index in [4.69, 9.17) is 21.5 Å². The number of nitrogens with zero attached hydrogens (tertiary/aromatic N) is 2. The molecule has 0 amide bonds. The lowest BCUT2D eigenvalue weighted by Gasteiger charge is -2.32. The maximum Gasteiger partial charge on any atom is 0.333 e. The number of carbonyl (C=O) groups is 1. The molecule has 1 aromatic carbocycles. The first-order valence-electron chi connectivity index (χ1n) is 12.2. The van der Waals surface area contributed by atoms with E-state index in [0.29, 0.717) is 26.8 Å². The molecule has 4 N–H and O–H groups in total. The van der Waals surface area contributed by atoms with Crippen molar-refractivity contribution in [2.75, 3.05) is 18.5 Å². The highest BCUT2D eigenvalue weighted by molar-refractivity contribution is 7.84. The number of carbonyl (C=O) groups excluding carboxylic acids is 1. The SMILES string of the molecule is Cc1sc(C(=O)c2cncnc2N[C@@H]2C[C@H](COS(N)(=O)=O)[C@@H](O)C2)cc1C1OCC(F)(F)c2ccc(Cl)cc21. The summed E-state index contributed by atoms with van der Waals surface area (Å²) in [6.07, 6.45) is 1.58. The Balaban J connectivity index is 1.37. The van der Waals surface area contributed by atoms with Gasteiger partial charge in [0.2, 0.25) is 5.78 Å². The number of aromatic nitrogens is 2. The lowest BCUT2D eigenvalue weighted by Crippen LogP contribution is -2.31. The first-order valence-corrected chi connectivity index (χ1v) is 14.8. The van der Waals surface area contributed by atoms with Crippen LogP contribution < -0.4 is 10.5 Å². The lowest BCUT2D eigenvalue weighted by atomic mass is 9.91. The van der Waals surface area contributed by atoms with Crippen molar-refractivity contribution in [2.24, 2.45) is 11.1 Å². The second-order valence-electron chi connectivity index (χ2n) is 9.78. The molecule has 2 aliphatic rings. The monoisotopic (exact) mass is 614 g/mol. The van der Waals surface area contributed by atoms with Gasteiger partial charge in [-0.2, -0.15) is 17.2 Å². The molecule has 40 heavy (non-hydrogen) atoms. The van der Waals surface area contributed by atoms with Crippen LogP contribution in [0.25, 0.3) is 0 Å². The van der Waals surface area contributed by atoms with Gasteiger partial charge in [0.15, 0.2) is 0 Å². The van der Waals surface area contributed by atoms with Gasteiger partial charge in [-0.15, -0.1) is 11.3 Å². The number of nitrogens with two attached hydrogens (primary N) is 1. The second-order valence-corrected chi connectivity index (χ2v) is 12.7. The predicted molar refractivity (Wildman–Crippen MR) is 143 cm³/mol. The van der Waals surface area contributed by atoms with E-state index in [-0.39, 0.29) is 47.4 Å². The Morgan fingerprint density at radius 2 is 2.10 bits per heavy atom. The molecule has 4 atom stereocenters. The summed E-state index contributed by atoms with van der Waals surface area (Å²) >= 11 is 7.31. The topological polar surface area (TPSA) is 154 Å². The average molecular weight is 615 g/mol. The van der Waals surface area contributed by atoms with Gasteiger partial charge in [0.1, 0.15) is 24.9 Å². The number of fused-ring (bicyclic) bond motifs is 1. The predicted octanol–water partition coefficient (Wildman–Crippen LogP) is 3.71. The van der Waals surface area contributed by atoms with Crippen LogP contribution in [0.15, 0.2) is 36.8 Å². The molecule has 1 unspecified atom stereocenters. The van der Waals surface area contributed by atoms with Gasteiger partial charge >= 0.3 is 10.3 Å². The molecular formula is C25H25ClF2N4O6S2. The van der Waals surface area contributed by atoms with Crippen LogP contribution in [0.1, 0.15) is 55.7 Å². The zero-order chi connectivity index (χ0) is 28.8. The van der Waals surface area contributed by atoms with Gasteiger partial charge in [0.25, 0.3) is 5.92 Å². The molecule has 1 fully saturated rings. The number of hydrogen-bond donors (Lipinski definition) is 3. The van der Waals surface area contributed by atoms with E-state index < -0.39 is 41.0 Å². The highest BCUT2D eigenvalue weighted by atomic mass is 35.5. The zero-order valence-corrected chi connectivity index (χ0v) is 23.4. The summed E-state index contributed by atoms with van der Waals surface area (Å²) in [6, 6.07) is 5.46. The van der Waals surface area contributed by atoms with Gasteiger partial charge in [0, 0.05) is 33.6 Å². The third-order valence-electron chi connectivity index (χ3n) is 6.99. The number of rotatable bonds is 8. The van der Waals surface area contributed by atoms with Crippen molar-refractivity contribution in [1.82, 2.24) is 9.97 Å². The number of aryl methyl sites for hydroxylation is 1. The molecule has 0 radical (unpaired) electrons. The number of nitrogens with one attached hydrogen (secondary N) is 1. The van der Waals surface area contributed by atoms with Gasteiger partial charge in [-0.3, -0.25) is 8.98 Å². The largest absolute Gasteiger partial charge is 0.393 e. The standard InChI is InChI=1S/C25H25ClF2N4O6S2/c1-12-16(23-17-5-14(26)2-3-19(17)25(27,28)10-37-23)7-21(39-12)22(34)18-8-30-11-31-24(18)32-15-4-13(20(33)6-15)9-38-40(29,35)36/h2-3,5,7-8,11,13,15,20,23,33H,4,6,9-10H2,1H3,(H2,29,35,36)(H,30,31,32)/t13-,15-,20+,23?/m1/s1. The smallest absolute Gasteiger partial charge is 0.333 e. The van der Waals surface area contributed by atoms with Crippen molar-refractivity contribution < 1.29 is 36.0 Å². The van der Waals surface area contributed by atoms with Crippen LogP contribution in [0.2, 0.25) is 5.02 Å². The Labute approximate surface area is 237 Å². The molecule has 15 heteroatoms. The Morgan fingerprint density at radius 3 is 2.85 bits per heavy atom. The molecular weight excluding hydrogens is 590 g/mol. The summed E-state index contributed by atoms with van der Waals surface area (Å²) in [4.78, 5) is 22.8. The van der Waals surface area contributed by atoms with Crippen molar-refractivity contribution in [3.05, 3.63) is 73.8 Å². The fraction of sp³-hybridized carbons (Fsp3) is 0.400. The first kappa shape index (κ1) is 28.9. The molecule has 10 nitrogen and oxygen atoms in total. The zero-order valence-electron chi connectivity index (χ0n) is 21.0. The molecule has 3 heterocycles. The van der Waals surface area contributed by atoms with E-state index in [0.717, 1.165) is 0 Å². The third-order valence-corrected chi connectivity index (χ3v) is 8.75. The van der Waals surface area contributed by atoms with Crippen LogP contribution in [-0.2, 0) is 25.1 Å². The van der Waals surface area contributed by atoms with Gasteiger partial charge in [-0.05, 0) is 49.1 Å². The molecule has 0 bridgehead atoms. The van der Waals surface area contributed by atoms with Crippen LogP contribution in [-0.4, -0.2) is 54.6 Å². The Morgan fingerprint density at radius 1 is 1.32 bits per heavy atom. The quantitative estimate of drug-likeness (QED) is 0.322. The number of aliphatic hydroxyl groups excluding tert-OH is 1. The van der Waals surface area contributed by atoms with E-state index >= 15 is 0 Å².